The Morgan fingerprint density at radius 1 is 0.944 bits per heavy atom. The van der Waals surface area contributed by atoms with Crippen LogP contribution in [0.25, 0.3) is 0 Å². The molecule has 0 aliphatic carbocycles. The molecule has 0 fully saturated rings. The third kappa shape index (κ3) is 6.20. The van der Waals surface area contributed by atoms with Crippen LogP contribution in [0, 0.1) is 0 Å². The minimum absolute atomic E-state index is 0.628. The first-order valence-corrected chi connectivity index (χ1v) is 15.7. The second-order valence-electron chi connectivity index (χ2n) is 3.58. The number of methoxy groups -OCH3 is 2. The van der Waals surface area contributed by atoms with Crippen LogP contribution in [-0.4, -0.2) is 14.2 Å². The summed E-state index contributed by atoms with van der Waals surface area (Å²) in [5, 5.41) is 0. The molecule has 1 rings (SSSR count). The van der Waals surface area contributed by atoms with Crippen molar-refractivity contribution in [1.29, 1.82) is 0 Å². The van der Waals surface area contributed by atoms with E-state index in [0.717, 1.165) is 37.2 Å². The number of thiophene rings is 1. The molecular formula is C12H20I2O2SV. The molecule has 0 saturated carbocycles. The van der Waals surface area contributed by atoms with Gasteiger partial charge in [-0.25, -0.2) is 0 Å². The van der Waals surface area contributed by atoms with Gasteiger partial charge in [0.25, 0.3) is 0 Å². The van der Waals surface area contributed by atoms with Crippen molar-refractivity contribution in [3.8, 4) is 11.5 Å². The number of aryl methyl sites for hydroxylation is 2. The third-order valence-electron chi connectivity index (χ3n) is 2.32. The van der Waals surface area contributed by atoms with E-state index in [4.69, 9.17) is 9.47 Å². The van der Waals surface area contributed by atoms with E-state index >= 15 is 0 Å². The van der Waals surface area contributed by atoms with E-state index in [1.54, 1.807) is 14.2 Å². The van der Waals surface area contributed by atoms with Gasteiger partial charge in [-0.05, 0) is 12.8 Å². The standard InChI is InChI=1S/C12H20O2S.2HI.V/c1-5-7-9-11(13-3)12(14-4)10(15-9)8-6-2;;;/h5-8H2,1-4H3;2*1H;/q;;;+2/p-2. The van der Waals surface area contributed by atoms with E-state index in [0.29, 0.717) is 9.47 Å². The summed E-state index contributed by atoms with van der Waals surface area (Å²) in [6.45, 7) is 4.37. The fraction of sp³-hybridized carbons (Fsp3) is 0.667. The maximum absolute atomic E-state index is 5.43. The van der Waals surface area contributed by atoms with Gasteiger partial charge in [-0.3, -0.25) is 0 Å². The Morgan fingerprint density at radius 3 is 1.50 bits per heavy atom. The molecule has 18 heavy (non-hydrogen) atoms. The normalized spacial score (nSPS) is 9.44. The van der Waals surface area contributed by atoms with Gasteiger partial charge in [0.1, 0.15) is 0 Å². The van der Waals surface area contributed by atoms with Gasteiger partial charge in [-0.15, -0.1) is 11.3 Å². The Kier molecular flexibility index (Phi) is 13.0. The Hall–Kier alpha value is 1.34. The van der Waals surface area contributed by atoms with E-state index in [1.165, 1.54) is 9.75 Å². The summed E-state index contributed by atoms with van der Waals surface area (Å²) in [6, 6.07) is 0. The van der Waals surface area contributed by atoms with Gasteiger partial charge < -0.3 is 9.47 Å². The Bertz CT molecular complexity index is 304. The molecule has 1 aromatic heterocycles. The molecule has 105 valence electrons. The van der Waals surface area contributed by atoms with Crippen molar-refractivity contribution in [2.75, 3.05) is 14.2 Å². The van der Waals surface area contributed by atoms with Gasteiger partial charge in [0.2, 0.25) is 0 Å². The molecule has 0 spiro atoms. The van der Waals surface area contributed by atoms with Crippen molar-refractivity contribution in [2.45, 2.75) is 39.5 Å². The van der Waals surface area contributed by atoms with Gasteiger partial charge in [-0.1, -0.05) is 26.7 Å². The predicted molar refractivity (Wildman–Crippen MR) is 93.5 cm³/mol. The number of hydrogen-bond acceptors (Lipinski definition) is 3. The number of halogens is 2. The molecule has 0 amide bonds. The minimum atomic E-state index is 0.628. The summed E-state index contributed by atoms with van der Waals surface area (Å²) in [5.74, 6) is 1.90. The van der Waals surface area contributed by atoms with Crippen LogP contribution in [0.4, 0.5) is 0 Å². The molecule has 0 aromatic carbocycles. The first-order valence-electron chi connectivity index (χ1n) is 5.84. The van der Waals surface area contributed by atoms with Crippen LogP contribution in [0.5, 0.6) is 11.5 Å². The maximum atomic E-state index is 5.43. The molecule has 0 aliphatic rings. The zero-order valence-corrected chi connectivity index (χ0v) is 17.8. The Morgan fingerprint density at radius 2 is 1.28 bits per heavy atom. The molecule has 6 heteroatoms. The van der Waals surface area contributed by atoms with Crippen LogP contribution in [-0.2, 0) is 22.3 Å². The summed E-state index contributed by atoms with van der Waals surface area (Å²) in [6.07, 6.45) is 4.44. The van der Waals surface area contributed by atoms with Crippen LogP contribution < -0.4 is 9.47 Å². The molecule has 0 saturated heterocycles. The van der Waals surface area contributed by atoms with E-state index in [2.05, 4.69) is 53.8 Å². The summed E-state index contributed by atoms with van der Waals surface area (Å²) >= 11 is 6.57. The van der Waals surface area contributed by atoms with Gasteiger partial charge >= 0.3 is 49.4 Å². The van der Waals surface area contributed by atoms with Crippen LogP contribution in [0.15, 0.2) is 0 Å². The summed E-state index contributed by atoms with van der Waals surface area (Å²) in [5.41, 5.74) is 0. The molecule has 0 radical (unpaired) electrons. The summed E-state index contributed by atoms with van der Waals surface area (Å²) < 4.78 is 10.9. The summed E-state index contributed by atoms with van der Waals surface area (Å²) in [4.78, 5) is 2.64. The fourth-order valence-electron chi connectivity index (χ4n) is 1.69. The molecule has 0 bridgehead atoms. The summed E-state index contributed by atoms with van der Waals surface area (Å²) in [7, 11) is 4.07. The van der Waals surface area contributed by atoms with E-state index < -0.39 is 0 Å². The van der Waals surface area contributed by atoms with E-state index in [9.17, 15) is 0 Å². The molecule has 0 N–H and O–H groups in total. The monoisotopic (exact) mass is 533 g/mol. The Balaban J connectivity index is 0.000000873. The Labute approximate surface area is 143 Å². The van der Waals surface area contributed by atoms with Gasteiger partial charge in [0, 0.05) is 0 Å². The third-order valence-corrected chi connectivity index (χ3v) is 3.59. The van der Waals surface area contributed by atoms with Crippen molar-refractivity contribution in [3.05, 3.63) is 9.75 Å². The molecule has 0 unspecified atom stereocenters. The van der Waals surface area contributed by atoms with Gasteiger partial charge in [0.15, 0.2) is 11.5 Å². The second-order valence-corrected chi connectivity index (χ2v) is 16.6. The van der Waals surface area contributed by atoms with Crippen LogP contribution in [0.2, 0.25) is 0 Å². The van der Waals surface area contributed by atoms with Crippen molar-refractivity contribution >= 4 is 51.3 Å². The number of hydrogen-bond donors (Lipinski definition) is 0. The second kappa shape index (κ2) is 12.1. The average molecular weight is 533 g/mol. The van der Waals surface area contributed by atoms with E-state index in [-0.39, 0.29) is 0 Å². The first kappa shape index (κ1) is 19.3. The van der Waals surface area contributed by atoms with Crippen LogP contribution in [0.1, 0.15) is 36.4 Å². The molecule has 2 nitrogen and oxygen atoms in total. The number of ether oxygens (including phenoxy) is 2. The SMILES string of the molecule is CCCc1sc(CCC)c(OC)c1OC.[I][V][I]. The fourth-order valence-corrected chi connectivity index (χ4v) is 3.14. The predicted octanol–water partition coefficient (Wildman–Crippen LogP) is 5.44. The zero-order valence-electron chi connectivity index (χ0n) is 11.3. The van der Waals surface area contributed by atoms with Crippen molar-refractivity contribution < 1.29 is 18.9 Å². The quantitative estimate of drug-likeness (QED) is 0.454. The molecule has 1 aromatic rings. The van der Waals surface area contributed by atoms with Crippen LogP contribution >= 0.6 is 51.3 Å². The van der Waals surface area contributed by atoms with Gasteiger partial charge in [-0.2, -0.15) is 0 Å². The van der Waals surface area contributed by atoms with E-state index in [1.807, 2.05) is 11.3 Å². The topological polar surface area (TPSA) is 18.5 Å². The first-order chi connectivity index (χ1) is 8.69. The average Bonchev–Trinajstić information content (AvgIpc) is 2.68. The number of rotatable bonds is 6. The van der Waals surface area contributed by atoms with Crippen molar-refractivity contribution in [1.82, 2.24) is 0 Å². The van der Waals surface area contributed by atoms with Crippen molar-refractivity contribution in [3.63, 3.8) is 0 Å². The van der Waals surface area contributed by atoms with Gasteiger partial charge in [0.05, 0.1) is 24.0 Å². The molecular weight excluding hydrogens is 513 g/mol. The zero-order chi connectivity index (χ0) is 14.0. The van der Waals surface area contributed by atoms with Crippen LogP contribution in [0.3, 0.4) is 0 Å². The molecule has 0 atom stereocenters. The van der Waals surface area contributed by atoms with Crippen molar-refractivity contribution in [2.24, 2.45) is 0 Å². The molecule has 0 aliphatic heterocycles. The molecule has 1 heterocycles.